The van der Waals surface area contributed by atoms with E-state index in [9.17, 15) is 9.59 Å². The van der Waals surface area contributed by atoms with E-state index in [1.807, 2.05) is 0 Å². The molecule has 1 saturated carbocycles. The van der Waals surface area contributed by atoms with Gasteiger partial charge in [0.15, 0.2) is 0 Å². The van der Waals surface area contributed by atoms with Gasteiger partial charge in [0.2, 0.25) is 6.08 Å². The Morgan fingerprint density at radius 1 is 1.53 bits per heavy atom. The van der Waals surface area contributed by atoms with E-state index in [1.54, 1.807) is 6.08 Å². The first-order chi connectivity index (χ1) is 7.16. The highest BCUT2D eigenvalue weighted by atomic mass is 16.1. The lowest BCUT2D eigenvalue weighted by atomic mass is 9.65. The molecular formula is C11H16N2O2. The number of hydrogen-bond donors (Lipinski definition) is 0. The largest absolute Gasteiger partial charge is 0.306 e. The molecule has 2 aliphatic rings. The van der Waals surface area contributed by atoms with Crippen LogP contribution in [0.4, 0.5) is 0 Å². The molecule has 1 heterocycles. The summed E-state index contributed by atoms with van der Waals surface area (Å²) in [5.74, 6) is 0.581. The molecule has 0 aromatic heterocycles. The standard InChI is InChI=1S/C11H16N2O2/c1-13-4-2-3-9(7-13)11(12-8-14)5-10(15)6-11/h9H,2-7H2,1H3. The van der Waals surface area contributed by atoms with Gasteiger partial charge in [0.05, 0.1) is 5.54 Å². The number of isocyanates is 1. The summed E-state index contributed by atoms with van der Waals surface area (Å²) in [6.07, 6.45) is 4.74. The minimum absolute atomic E-state index is 0.224. The molecule has 1 aliphatic carbocycles. The lowest BCUT2D eigenvalue weighted by Gasteiger charge is -2.45. The van der Waals surface area contributed by atoms with E-state index >= 15 is 0 Å². The maximum atomic E-state index is 11.1. The van der Waals surface area contributed by atoms with E-state index < -0.39 is 5.54 Å². The van der Waals surface area contributed by atoms with Gasteiger partial charge in [-0.3, -0.25) is 4.79 Å². The molecule has 0 radical (unpaired) electrons. The molecule has 0 aromatic carbocycles. The normalized spacial score (nSPS) is 30.5. The fourth-order valence-corrected chi connectivity index (χ4v) is 2.79. The Bertz CT molecular complexity index is 313. The van der Waals surface area contributed by atoms with E-state index in [1.165, 1.54) is 0 Å². The predicted octanol–water partition coefficient (Wildman–Crippen LogP) is 0.766. The van der Waals surface area contributed by atoms with E-state index in [0.29, 0.717) is 18.8 Å². The van der Waals surface area contributed by atoms with Crippen molar-refractivity contribution in [2.45, 2.75) is 31.2 Å². The van der Waals surface area contributed by atoms with Crippen LogP contribution in [0.1, 0.15) is 25.7 Å². The average molecular weight is 208 g/mol. The minimum atomic E-state index is -0.395. The lowest BCUT2D eigenvalue weighted by molar-refractivity contribution is -0.130. The van der Waals surface area contributed by atoms with Gasteiger partial charge >= 0.3 is 0 Å². The van der Waals surface area contributed by atoms with Crippen molar-refractivity contribution in [1.82, 2.24) is 4.90 Å². The van der Waals surface area contributed by atoms with E-state index in [0.717, 1.165) is 25.9 Å². The fraction of sp³-hybridized carbons (Fsp3) is 0.818. The minimum Gasteiger partial charge on any atom is -0.306 e. The summed E-state index contributed by atoms with van der Waals surface area (Å²) in [4.78, 5) is 27.7. The first-order valence-electron chi connectivity index (χ1n) is 5.45. The quantitative estimate of drug-likeness (QED) is 0.497. The van der Waals surface area contributed by atoms with Crippen molar-refractivity contribution >= 4 is 11.9 Å². The van der Waals surface area contributed by atoms with E-state index in [4.69, 9.17) is 0 Å². The molecule has 0 bridgehead atoms. The molecule has 15 heavy (non-hydrogen) atoms. The molecule has 4 nitrogen and oxygen atoms in total. The van der Waals surface area contributed by atoms with Crippen LogP contribution in [0.2, 0.25) is 0 Å². The highest BCUT2D eigenvalue weighted by Gasteiger charge is 2.50. The van der Waals surface area contributed by atoms with Crippen molar-refractivity contribution in [2.75, 3.05) is 20.1 Å². The lowest BCUT2D eigenvalue weighted by Crippen LogP contribution is -2.53. The predicted molar refractivity (Wildman–Crippen MR) is 55.3 cm³/mol. The van der Waals surface area contributed by atoms with Crippen molar-refractivity contribution in [3.63, 3.8) is 0 Å². The molecule has 1 saturated heterocycles. The summed E-state index contributed by atoms with van der Waals surface area (Å²) in [7, 11) is 2.07. The number of piperidine rings is 1. The first kappa shape index (κ1) is 10.5. The number of likely N-dealkylation sites (tertiary alicyclic amines) is 1. The number of ketones is 1. The van der Waals surface area contributed by atoms with Gasteiger partial charge in [-0.25, -0.2) is 4.79 Å². The zero-order valence-corrected chi connectivity index (χ0v) is 9.03. The van der Waals surface area contributed by atoms with Crippen LogP contribution in [0.5, 0.6) is 0 Å². The van der Waals surface area contributed by atoms with Gasteiger partial charge in [0.25, 0.3) is 0 Å². The Balaban J connectivity index is 2.11. The number of aliphatic imine (C=N–C) groups is 1. The van der Waals surface area contributed by atoms with Crippen LogP contribution < -0.4 is 0 Å². The van der Waals surface area contributed by atoms with Gasteiger partial charge < -0.3 is 4.90 Å². The Morgan fingerprint density at radius 3 is 2.80 bits per heavy atom. The van der Waals surface area contributed by atoms with Crippen LogP contribution in [0.3, 0.4) is 0 Å². The van der Waals surface area contributed by atoms with Crippen LogP contribution >= 0.6 is 0 Å². The first-order valence-corrected chi connectivity index (χ1v) is 5.45. The van der Waals surface area contributed by atoms with Gasteiger partial charge in [-0.2, -0.15) is 4.99 Å². The third-order valence-electron chi connectivity index (χ3n) is 3.66. The second-order valence-electron chi connectivity index (χ2n) is 4.80. The molecule has 4 heteroatoms. The molecule has 2 rings (SSSR count). The summed E-state index contributed by atoms with van der Waals surface area (Å²) in [5, 5.41) is 0. The van der Waals surface area contributed by atoms with E-state index in [-0.39, 0.29) is 5.78 Å². The maximum Gasteiger partial charge on any atom is 0.235 e. The van der Waals surface area contributed by atoms with Crippen molar-refractivity contribution in [3.05, 3.63) is 0 Å². The Hall–Kier alpha value is -0.990. The monoisotopic (exact) mass is 208 g/mol. The van der Waals surface area contributed by atoms with Gasteiger partial charge in [-0.15, -0.1) is 0 Å². The number of carbonyl (C=O) groups is 1. The summed E-state index contributed by atoms with van der Waals surface area (Å²) in [5.41, 5.74) is -0.395. The number of Topliss-reactive ketones (excluding diaryl/α,β-unsaturated/α-hetero) is 1. The van der Waals surface area contributed by atoms with Crippen molar-refractivity contribution in [1.29, 1.82) is 0 Å². The highest BCUT2D eigenvalue weighted by Crippen LogP contribution is 2.42. The molecule has 0 N–H and O–H groups in total. The van der Waals surface area contributed by atoms with Gasteiger partial charge in [0, 0.05) is 19.4 Å². The topological polar surface area (TPSA) is 49.7 Å². The summed E-state index contributed by atoms with van der Waals surface area (Å²) in [6.45, 7) is 2.05. The number of hydrogen-bond acceptors (Lipinski definition) is 4. The molecule has 0 spiro atoms. The molecule has 82 valence electrons. The molecule has 2 fully saturated rings. The SMILES string of the molecule is CN1CCCC(C2(N=C=O)CC(=O)C2)C1. The zero-order valence-electron chi connectivity index (χ0n) is 9.03. The Kier molecular flexibility index (Phi) is 2.72. The average Bonchev–Trinajstić information content (AvgIpc) is 2.15. The third-order valence-corrected chi connectivity index (χ3v) is 3.66. The van der Waals surface area contributed by atoms with Crippen LogP contribution in [0.25, 0.3) is 0 Å². The van der Waals surface area contributed by atoms with Gasteiger partial charge in [0.1, 0.15) is 5.78 Å². The Labute approximate surface area is 89.4 Å². The van der Waals surface area contributed by atoms with Gasteiger partial charge in [-0.1, -0.05) is 0 Å². The number of rotatable bonds is 2. The third kappa shape index (κ3) is 1.87. The summed E-state index contributed by atoms with van der Waals surface area (Å²) < 4.78 is 0. The molecule has 1 atom stereocenters. The van der Waals surface area contributed by atoms with Crippen LogP contribution in [0.15, 0.2) is 4.99 Å². The second-order valence-corrected chi connectivity index (χ2v) is 4.80. The van der Waals surface area contributed by atoms with Crippen molar-refractivity contribution < 1.29 is 9.59 Å². The molecule has 1 aliphatic heterocycles. The van der Waals surface area contributed by atoms with Crippen LogP contribution in [-0.4, -0.2) is 42.4 Å². The molecular weight excluding hydrogens is 192 g/mol. The fourth-order valence-electron chi connectivity index (χ4n) is 2.79. The summed E-state index contributed by atoms with van der Waals surface area (Å²) >= 11 is 0. The Morgan fingerprint density at radius 2 is 2.27 bits per heavy atom. The van der Waals surface area contributed by atoms with E-state index in [2.05, 4.69) is 16.9 Å². The smallest absolute Gasteiger partial charge is 0.235 e. The van der Waals surface area contributed by atoms with Crippen molar-refractivity contribution in [2.24, 2.45) is 10.9 Å². The highest BCUT2D eigenvalue weighted by molar-refractivity contribution is 5.88. The zero-order chi connectivity index (χ0) is 10.9. The van der Waals surface area contributed by atoms with Gasteiger partial charge in [-0.05, 0) is 32.4 Å². The van der Waals surface area contributed by atoms with Crippen LogP contribution in [-0.2, 0) is 9.59 Å². The molecule has 0 amide bonds. The molecule has 0 aromatic rings. The number of nitrogens with zero attached hydrogens (tertiary/aromatic N) is 2. The van der Waals surface area contributed by atoms with Crippen LogP contribution in [0, 0.1) is 5.92 Å². The van der Waals surface area contributed by atoms with Crippen molar-refractivity contribution in [3.8, 4) is 0 Å². The second kappa shape index (κ2) is 3.87. The number of carbonyl (C=O) groups excluding carboxylic acids is 2. The maximum absolute atomic E-state index is 11.1. The molecule has 1 unspecified atom stereocenters. The summed E-state index contributed by atoms with van der Waals surface area (Å²) in [6, 6.07) is 0.